The lowest BCUT2D eigenvalue weighted by Gasteiger charge is -2.10. The summed E-state index contributed by atoms with van der Waals surface area (Å²) in [6.07, 6.45) is -4.76. The van der Waals surface area contributed by atoms with E-state index in [1.165, 1.54) is 0 Å². The highest BCUT2D eigenvalue weighted by Gasteiger charge is 2.41. The van der Waals surface area contributed by atoms with Crippen LogP contribution in [0.5, 0.6) is 0 Å². The van der Waals surface area contributed by atoms with Gasteiger partial charge >= 0.3 is 0 Å². The number of aliphatic hydroxyl groups is 3. The predicted molar refractivity (Wildman–Crippen MR) is 41.9 cm³/mol. The van der Waals surface area contributed by atoms with E-state index < -0.39 is 24.6 Å². The smallest absolute Gasteiger partial charge is 0.183 e. The Morgan fingerprint density at radius 1 is 1.31 bits per heavy atom. The molecule has 0 aromatic carbocycles. The van der Waals surface area contributed by atoms with Crippen molar-refractivity contribution in [3.05, 3.63) is 10.4 Å². The first-order valence-electron chi connectivity index (χ1n) is 3.37. The van der Waals surface area contributed by atoms with Gasteiger partial charge in [0.05, 0.1) is 12.6 Å². The molecule has 1 unspecified atom stereocenters. The van der Waals surface area contributed by atoms with Crippen molar-refractivity contribution < 1.29 is 20.1 Å². The summed E-state index contributed by atoms with van der Waals surface area (Å²) in [5.74, 6) is 0. The van der Waals surface area contributed by atoms with Crippen LogP contribution in [0.2, 0.25) is 0 Å². The summed E-state index contributed by atoms with van der Waals surface area (Å²) in [6.45, 7) is -0.105. The van der Waals surface area contributed by atoms with Gasteiger partial charge in [-0.05, 0) is 5.53 Å². The van der Waals surface area contributed by atoms with Crippen LogP contribution in [0.25, 0.3) is 10.4 Å². The maximum absolute atomic E-state index is 9.14. The molecule has 1 aliphatic rings. The van der Waals surface area contributed by atoms with Crippen LogP contribution >= 0.6 is 0 Å². The zero-order valence-corrected chi connectivity index (χ0v) is 6.82. The number of hydrogen-bond acceptors (Lipinski definition) is 6. The molecule has 6 N–H and O–H groups in total. The summed E-state index contributed by atoms with van der Waals surface area (Å²) >= 11 is 0. The van der Waals surface area contributed by atoms with E-state index in [4.69, 9.17) is 20.9 Å². The Morgan fingerprint density at radius 2 is 1.92 bits per heavy atom. The fourth-order valence-corrected chi connectivity index (χ4v) is 0.997. The second-order valence-electron chi connectivity index (χ2n) is 2.46. The number of azide groups is 1. The molecule has 0 spiro atoms. The van der Waals surface area contributed by atoms with Gasteiger partial charge in [0.25, 0.3) is 0 Å². The Balaban J connectivity index is 0.00000144. The van der Waals surface area contributed by atoms with Gasteiger partial charge in [-0.1, -0.05) is 5.11 Å². The molecule has 13 heavy (non-hydrogen) atoms. The topological polar surface area (TPSA) is 154 Å². The van der Waals surface area contributed by atoms with Gasteiger partial charge in [-0.25, -0.2) is 0 Å². The lowest BCUT2D eigenvalue weighted by Crippen LogP contribution is -2.33. The van der Waals surface area contributed by atoms with Gasteiger partial charge in [-0.2, -0.15) is 0 Å². The molecule has 4 atom stereocenters. The Labute approximate surface area is 74.0 Å². The van der Waals surface area contributed by atoms with Crippen LogP contribution in [-0.4, -0.2) is 46.5 Å². The van der Waals surface area contributed by atoms with Crippen molar-refractivity contribution in [2.24, 2.45) is 5.11 Å². The third kappa shape index (κ3) is 2.52. The van der Waals surface area contributed by atoms with Crippen molar-refractivity contribution in [3.63, 3.8) is 0 Å². The van der Waals surface area contributed by atoms with E-state index in [1.54, 1.807) is 0 Å². The van der Waals surface area contributed by atoms with E-state index in [1.807, 2.05) is 0 Å². The standard InChI is InChI=1S/C5H9N3O4.H3N/c6-8-7-1-2-3(9)4(10)5(11)12-2;/h2-5,9-11H,1H2;1H3/t2-,3-,4+,5?;/m1./s1. The SMILES string of the molecule is N.[N-]=[N+]=NC[C@H]1OC(O)[C@@H](O)[C@@H]1O. The molecule has 1 fully saturated rings. The van der Waals surface area contributed by atoms with Gasteiger partial charge < -0.3 is 26.2 Å². The highest BCUT2D eigenvalue weighted by Crippen LogP contribution is 2.19. The summed E-state index contributed by atoms with van der Waals surface area (Å²) < 4.78 is 4.68. The molecule has 0 amide bonds. The van der Waals surface area contributed by atoms with E-state index in [9.17, 15) is 0 Å². The fourth-order valence-electron chi connectivity index (χ4n) is 0.997. The molecule has 8 heteroatoms. The van der Waals surface area contributed by atoms with E-state index in [0.717, 1.165) is 0 Å². The molecule has 8 nitrogen and oxygen atoms in total. The van der Waals surface area contributed by atoms with E-state index in [-0.39, 0.29) is 12.7 Å². The molecule has 76 valence electrons. The van der Waals surface area contributed by atoms with Crippen molar-refractivity contribution in [3.8, 4) is 0 Å². The summed E-state index contributed by atoms with van der Waals surface area (Å²) in [4.78, 5) is 2.45. The number of aliphatic hydroxyl groups excluding tert-OH is 3. The first-order valence-corrected chi connectivity index (χ1v) is 3.37. The molecule has 1 saturated heterocycles. The minimum absolute atomic E-state index is 0. The average molecular weight is 192 g/mol. The molecular weight excluding hydrogens is 180 g/mol. The first-order chi connectivity index (χ1) is 5.66. The maximum atomic E-state index is 9.14. The lowest BCUT2D eigenvalue weighted by atomic mass is 10.1. The van der Waals surface area contributed by atoms with Gasteiger partial charge in [0, 0.05) is 4.91 Å². The Hall–Kier alpha value is -0.890. The van der Waals surface area contributed by atoms with E-state index >= 15 is 0 Å². The van der Waals surface area contributed by atoms with Crippen LogP contribution < -0.4 is 6.15 Å². The molecule has 1 aliphatic heterocycles. The van der Waals surface area contributed by atoms with Crippen LogP contribution in [0.3, 0.4) is 0 Å². The number of ether oxygens (including phenoxy) is 1. The third-order valence-electron chi connectivity index (χ3n) is 1.66. The zero-order valence-electron chi connectivity index (χ0n) is 6.82. The van der Waals surface area contributed by atoms with Crippen LogP contribution in [0.15, 0.2) is 5.11 Å². The second-order valence-corrected chi connectivity index (χ2v) is 2.46. The van der Waals surface area contributed by atoms with Crippen LogP contribution in [-0.2, 0) is 4.74 Å². The number of nitrogens with zero attached hydrogens (tertiary/aromatic N) is 3. The van der Waals surface area contributed by atoms with Crippen LogP contribution in [0.4, 0.5) is 0 Å². The van der Waals surface area contributed by atoms with Crippen LogP contribution in [0.1, 0.15) is 0 Å². The normalized spacial score (nSPS) is 37.8. The maximum Gasteiger partial charge on any atom is 0.183 e. The zero-order chi connectivity index (χ0) is 9.14. The molecule has 1 rings (SSSR count). The van der Waals surface area contributed by atoms with Crippen molar-refractivity contribution in [1.82, 2.24) is 6.15 Å². The summed E-state index contributed by atoms with van der Waals surface area (Å²) in [5, 5.41) is 30.1. The second kappa shape index (κ2) is 4.97. The van der Waals surface area contributed by atoms with Crippen molar-refractivity contribution >= 4 is 0 Å². The van der Waals surface area contributed by atoms with E-state index in [2.05, 4.69) is 14.8 Å². The molecular formula is C5H12N4O4. The van der Waals surface area contributed by atoms with Crippen LogP contribution in [0, 0.1) is 0 Å². The number of rotatable bonds is 2. The fraction of sp³-hybridized carbons (Fsp3) is 1.00. The Morgan fingerprint density at radius 3 is 2.31 bits per heavy atom. The first kappa shape index (κ1) is 12.1. The van der Waals surface area contributed by atoms with Gasteiger partial charge in [0.2, 0.25) is 0 Å². The Bertz CT molecular complexity index is 207. The largest absolute Gasteiger partial charge is 0.387 e. The highest BCUT2D eigenvalue weighted by atomic mass is 16.6. The minimum atomic E-state index is -1.40. The van der Waals surface area contributed by atoms with Crippen molar-refractivity contribution in [2.75, 3.05) is 6.54 Å². The Kier molecular flexibility index (Phi) is 4.63. The number of hydrogen-bond donors (Lipinski definition) is 4. The lowest BCUT2D eigenvalue weighted by molar-refractivity contribution is -0.125. The third-order valence-corrected chi connectivity index (χ3v) is 1.66. The average Bonchev–Trinajstić information content (AvgIpc) is 2.30. The summed E-state index contributed by atoms with van der Waals surface area (Å²) in [7, 11) is 0. The van der Waals surface area contributed by atoms with Crippen molar-refractivity contribution in [1.29, 1.82) is 0 Å². The molecule has 0 bridgehead atoms. The molecule has 0 aromatic rings. The predicted octanol–water partition coefficient (Wildman–Crippen LogP) is -1.10. The van der Waals surface area contributed by atoms with Crippen molar-refractivity contribution in [2.45, 2.75) is 24.6 Å². The highest BCUT2D eigenvalue weighted by molar-refractivity contribution is 4.86. The molecule has 0 radical (unpaired) electrons. The molecule has 0 aliphatic carbocycles. The monoisotopic (exact) mass is 192 g/mol. The summed E-state index contributed by atoms with van der Waals surface area (Å²) in [6, 6.07) is 0. The summed E-state index contributed by atoms with van der Waals surface area (Å²) in [5.41, 5.74) is 7.94. The van der Waals surface area contributed by atoms with Gasteiger partial charge in [0.15, 0.2) is 6.29 Å². The molecule has 0 aromatic heterocycles. The minimum Gasteiger partial charge on any atom is -0.387 e. The van der Waals surface area contributed by atoms with E-state index in [0.29, 0.717) is 0 Å². The molecule has 1 heterocycles. The van der Waals surface area contributed by atoms with Gasteiger partial charge in [-0.3, -0.25) is 0 Å². The van der Waals surface area contributed by atoms with Gasteiger partial charge in [0.1, 0.15) is 12.2 Å². The molecule has 0 saturated carbocycles. The quantitative estimate of drug-likeness (QED) is 0.248. The van der Waals surface area contributed by atoms with Gasteiger partial charge in [-0.15, -0.1) is 0 Å².